The Hall–Kier alpha value is -1.37. The standard InChI is InChI=1S/C14H16N2O2S2/c1-14(18,11-6-4-8-20-11)9-16-12(17)10-5-3-7-15-13(10)19-2/h3-8,18H,9H2,1-2H3,(H,16,17). The Kier molecular flexibility index (Phi) is 4.80. The maximum Gasteiger partial charge on any atom is 0.254 e. The molecule has 0 radical (unpaired) electrons. The first kappa shape index (κ1) is 15.0. The van der Waals surface area contributed by atoms with E-state index in [1.165, 1.54) is 23.1 Å². The predicted octanol–water partition coefficient (Wildman–Crippen LogP) is 2.50. The van der Waals surface area contributed by atoms with Crippen molar-refractivity contribution >= 4 is 29.0 Å². The maximum absolute atomic E-state index is 12.2. The molecule has 0 aromatic carbocycles. The summed E-state index contributed by atoms with van der Waals surface area (Å²) in [5, 5.41) is 15.7. The van der Waals surface area contributed by atoms with E-state index in [1.54, 1.807) is 25.3 Å². The van der Waals surface area contributed by atoms with Gasteiger partial charge >= 0.3 is 0 Å². The van der Waals surface area contributed by atoms with Gasteiger partial charge in [0.15, 0.2) is 0 Å². The van der Waals surface area contributed by atoms with Crippen molar-refractivity contribution in [3.05, 3.63) is 46.3 Å². The Labute approximate surface area is 126 Å². The molecule has 0 saturated carbocycles. The summed E-state index contributed by atoms with van der Waals surface area (Å²) in [4.78, 5) is 17.2. The van der Waals surface area contributed by atoms with Gasteiger partial charge < -0.3 is 10.4 Å². The molecule has 106 valence electrons. The van der Waals surface area contributed by atoms with Gasteiger partial charge in [-0.1, -0.05) is 6.07 Å². The topological polar surface area (TPSA) is 62.2 Å². The van der Waals surface area contributed by atoms with Gasteiger partial charge in [0.25, 0.3) is 5.91 Å². The molecule has 0 aliphatic carbocycles. The van der Waals surface area contributed by atoms with Crippen molar-refractivity contribution in [2.24, 2.45) is 0 Å². The van der Waals surface area contributed by atoms with Gasteiger partial charge in [-0.05, 0) is 36.8 Å². The van der Waals surface area contributed by atoms with Gasteiger partial charge in [-0.15, -0.1) is 23.1 Å². The summed E-state index contributed by atoms with van der Waals surface area (Å²) in [6.07, 6.45) is 3.53. The number of amides is 1. The molecule has 0 saturated heterocycles. The van der Waals surface area contributed by atoms with Gasteiger partial charge in [0.1, 0.15) is 10.6 Å². The quantitative estimate of drug-likeness (QED) is 0.833. The number of pyridine rings is 1. The number of hydrogen-bond donors (Lipinski definition) is 2. The van der Waals surface area contributed by atoms with Crippen LogP contribution in [-0.2, 0) is 5.60 Å². The van der Waals surface area contributed by atoms with Crippen molar-refractivity contribution < 1.29 is 9.90 Å². The lowest BCUT2D eigenvalue weighted by molar-refractivity contribution is 0.0555. The molecule has 1 amide bonds. The van der Waals surface area contributed by atoms with E-state index in [4.69, 9.17) is 0 Å². The lowest BCUT2D eigenvalue weighted by Crippen LogP contribution is -2.38. The molecule has 0 aliphatic heterocycles. The highest BCUT2D eigenvalue weighted by Gasteiger charge is 2.25. The molecule has 0 spiro atoms. The number of rotatable bonds is 5. The minimum Gasteiger partial charge on any atom is -0.383 e. The second-order valence-electron chi connectivity index (χ2n) is 4.49. The summed E-state index contributed by atoms with van der Waals surface area (Å²) in [6, 6.07) is 7.19. The molecule has 1 atom stereocenters. The summed E-state index contributed by atoms with van der Waals surface area (Å²) in [6.45, 7) is 1.85. The van der Waals surface area contributed by atoms with Gasteiger partial charge in [0.2, 0.25) is 0 Å². The van der Waals surface area contributed by atoms with Crippen molar-refractivity contribution in [2.45, 2.75) is 17.6 Å². The summed E-state index contributed by atoms with van der Waals surface area (Å²) >= 11 is 2.89. The zero-order valence-corrected chi connectivity index (χ0v) is 12.9. The summed E-state index contributed by atoms with van der Waals surface area (Å²) < 4.78 is 0. The van der Waals surface area contributed by atoms with E-state index in [-0.39, 0.29) is 12.5 Å². The van der Waals surface area contributed by atoms with Crippen LogP contribution < -0.4 is 5.32 Å². The fourth-order valence-corrected chi connectivity index (χ4v) is 3.08. The van der Waals surface area contributed by atoms with Crippen molar-refractivity contribution in [1.29, 1.82) is 0 Å². The van der Waals surface area contributed by atoms with Crippen LogP contribution in [0.4, 0.5) is 0 Å². The Balaban J connectivity index is 2.06. The molecule has 2 heterocycles. The predicted molar refractivity (Wildman–Crippen MR) is 82.2 cm³/mol. The molecule has 1 unspecified atom stereocenters. The highest BCUT2D eigenvalue weighted by Crippen LogP contribution is 2.24. The second-order valence-corrected chi connectivity index (χ2v) is 6.24. The molecule has 0 aliphatic rings. The SMILES string of the molecule is CSc1ncccc1C(=O)NCC(C)(O)c1cccs1. The van der Waals surface area contributed by atoms with E-state index < -0.39 is 5.60 Å². The van der Waals surface area contributed by atoms with Crippen molar-refractivity contribution in [3.63, 3.8) is 0 Å². The zero-order valence-electron chi connectivity index (χ0n) is 11.3. The third kappa shape index (κ3) is 3.39. The van der Waals surface area contributed by atoms with Crippen LogP contribution in [0.15, 0.2) is 40.9 Å². The lowest BCUT2D eigenvalue weighted by atomic mass is 10.1. The highest BCUT2D eigenvalue weighted by atomic mass is 32.2. The molecule has 20 heavy (non-hydrogen) atoms. The first-order chi connectivity index (χ1) is 9.54. The Morgan fingerprint density at radius 2 is 2.30 bits per heavy atom. The summed E-state index contributed by atoms with van der Waals surface area (Å²) in [7, 11) is 0. The van der Waals surface area contributed by atoms with Crippen molar-refractivity contribution in [3.8, 4) is 0 Å². The molecular weight excluding hydrogens is 292 g/mol. The van der Waals surface area contributed by atoms with Crippen molar-refractivity contribution in [1.82, 2.24) is 10.3 Å². The number of nitrogens with one attached hydrogen (secondary N) is 1. The number of carbonyl (C=O) groups excluding carboxylic acids is 1. The Bertz CT molecular complexity index is 583. The van der Waals surface area contributed by atoms with Gasteiger partial charge in [-0.25, -0.2) is 4.98 Å². The minimum absolute atomic E-state index is 0.162. The zero-order chi connectivity index (χ0) is 14.6. The molecule has 2 N–H and O–H groups in total. The van der Waals surface area contributed by atoms with Crippen molar-refractivity contribution in [2.75, 3.05) is 12.8 Å². The van der Waals surface area contributed by atoms with Crippen LogP contribution >= 0.6 is 23.1 Å². The monoisotopic (exact) mass is 308 g/mol. The molecular formula is C14H16N2O2S2. The molecule has 2 aromatic heterocycles. The molecule has 2 rings (SSSR count). The normalized spacial score (nSPS) is 13.8. The fourth-order valence-electron chi connectivity index (χ4n) is 1.75. The van der Waals surface area contributed by atoms with Crippen LogP contribution in [-0.4, -0.2) is 28.8 Å². The van der Waals surface area contributed by atoms with E-state index in [1.807, 2.05) is 23.8 Å². The third-order valence-electron chi connectivity index (χ3n) is 2.85. The lowest BCUT2D eigenvalue weighted by Gasteiger charge is -2.22. The van der Waals surface area contributed by atoms with Crippen LogP contribution in [0.2, 0.25) is 0 Å². The van der Waals surface area contributed by atoms with E-state index >= 15 is 0 Å². The number of hydrogen-bond acceptors (Lipinski definition) is 5. The van der Waals surface area contributed by atoms with E-state index in [0.29, 0.717) is 10.6 Å². The number of nitrogens with zero attached hydrogens (tertiary/aromatic N) is 1. The minimum atomic E-state index is -1.06. The van der Waals surface area contributed by atoms with E-state index in [0.717, 1.165) is 4.88 Å². The van der Waals surface area contributed by atoms with Gasteiger partial charge in [-0.2, -0.15) is 0 Å². The van der Waals surface area contributed by atoms with E-state index in [9.17, 15) is 9.90 Å². The van der Waals surface area contributed by atoms with E-state index in [2.05, 4.69) is 10.3 Å². The first-order valence-corrected chi connectivity index (χ1v) is 8.18. The average molecular weight is 308 g/mol. The molecule has 0 bridgehead atoms. The Morgan fingerprint density at radius 1 is 1.50 bits per heavy atom. The molecule has 4 nitrogen and oxygen atoms in total. The average Bonchev–Trinajstić information content (AvgIpc) is 3.00. The van der Waals surface area contributed by atoms with Crippen LogP contribution in [0.25, 0.3) is 0 Å². The largest absolute Gasteiger partial charge is 0.383 e. The third-order valence-corrected chi connectivity index (χ3v) is 4.69. The van der Waals surface area contributed by atoms with Crippen LogP contribution in [0.5, 0.6) is 0 Å². The first-order valence-electron chi connectivity index (χ1n) is 6.08. The maximum atomic E-state index is 12.2. The number of carbonyl (C=O) groups is 1. The van der Waals surface area contributed by atoms with Crippen LogP contribution in [0.3, 0.4) is 0 Å². The molecule has 2 aromatic rings. The highest BCUT2D eigenvalue weighted by molar-refractivity contribution is 7.98. The van der Waals surface area contributed by atoms with Gasteiger partial charge in [0, 0.05) is 11.1 Å². The molecule has 0 fully saturated rings. The number of aliphatic hydroxyl groups is 1. The number of aromatic nitrogens is 1. The Morgan fingerprint density at radius 3 is 2.95 bits per heavy atom. The number of thiophene rings is 1. The smallest absolute Gasteiger partial charge is 0.254 e. The number of thioether (sulfide) groups is 1. The summed E-state index contributed by atoms with van der Waals surface area (Å²) in [5.74, 6) is -0.223. The fraction of sp³-hybridized carbons (Fsp3) is 0.286. The van der Waals surface area contributed by atoms with Crippen LogP contribution in [0, 0.1) is 0 Å². The van der Waals surface area contributed by atoms with Crippen LogP contribution in [0.1, 0.15) is 22.2 Å². The summed E-state index contributed by atoms with van der Waals surface area (Å²) in [5.41, 5.74) is -0.534. The van der Waals surface area contributed by atoms with Gasteiger partial charge in [0.05, 0.1) is 12.1 Å². The second kappa shape index (κ2) is 6.39. The van der Waals surface area contributed by atoms with Gasteiger partial charge in [-0.3, -0.25) is 4.79 Å². The molecule has 6 heteroatoms.